The molecule has 2 N–H and O–H groups in total. The molecule has 0 bridgehead atoms. The summed E-state index contributed by atoms with van der Waals surface area (Å²) in [5.41, 5.74) is 0.0281. The fourth-order valence-corrected chi connectivity index (χ4v) is 3.64. The number of nitrogens with zero attached hydrogens (tertiary/aromatic N) is 1. The van der Waals surface area contributed by atoms with Gasteiger partial charge in [-0.1, -0.05) is 0 Å². The molecule has 0 fully saturated rings. The number of rotatable bonds is 7. The molecule has 1 rings (SSSR count). The smallest absolute Gasteiger partial charge is 0.335 e. The lowest BCUT2D eigenvalue weighted by molar-refractivity contribution is 0.0696. The lowest BCUT2D eigenvalue weighted by atomic mass is 10.2. The fourth-order valence-electron chi connectivity index (χ4n) is 1.54. The van der Waals surface area contributed by atoms with Gasteiger partial charge in [-0.15, -0.1) is 0 Å². The minimum absolute atomic E-state index is 0.0275. The van der Waals surface area contributed by atoms with Gasteiger partial charge in [0.25, 0.3) is 0 Å². The van der Waals surface area contributed by atoms with Crippen molar-refractivity contribution in [3.63, 3.8) is 0 Å². The monoisotopic (exact) mass is 378 g/mol. The van der Waals surface area contributed by atoms with Gasteiger partial charge in [0.1, 0.15) is 0 Å². The highest BCUT2D eigenvalue weighted by molar-refractivity contribution is 9.10. The second-order valence-corrected chi connectivity index (χ2v) is 7.51. The number of likely N-dealkylation sites (N-methyl/N-ethyl adjacent to an activating group) is 1. The van der Waals surface area contributed by atoms with E-state index in [2.05, 4.69) is 20.7 Å². The van der Waals surface area contributed by atoms with Gasteiger partial charge < -0.3 is 10.0 Å². The number of hydrogen-bond acceptors (Lipinski definition) is 4. The maximum Gasteiger partial charge on any atom is 0.335 e. The van der Waals surface area contributed by atoms with Crippen LogP contribution in [0.25, 0.3) is 0 Å². The van der Waals surface area contributed by atoms with E-state index in [1.165, 1.54) is 18.2 Å². The molecular weight excluding hydrogens is 360 g/mol. The molecule has 118 valence electrons. The summed E-state index contributed by atoms with van der Waals surface area (Å²) >= 11 is 3.10. The standard InChI is InChI=1S/C13H19BrN2O4S/c1-9(2)16(3)7-6-15-21(19,20)12-5-4-10(13(17)18)8-11(12)14/h4-5,8-9,15H,6-7H2,1-3H3,(H,17,18). The molecule has 8 heteroatoms. The van der Waals surface area contributed by atoms with E-state index in [-0.39, 0.29) is 21.5 Å². The Kier molecular flexibility index (Phi) is 6.33. The Morgan fingerprint density at radius 2 is 2.05 bits per heavy atom. The van der Waals surface area contributed by atoms with E-state index in [1.54, 1.807) is 0 Å². The molecule has 0 atom stereocenters. The Bertz CT molecular complexity index is 617. The summed E-state index contributed by atoms with van der Waals surface area (Å²) in [5, 5.41) is 8.87. The van der Waals surface area contributed by atoms with Gasteiger partial charge in [-0.25, -0.2) is 17.9 Å². The average Bonchev–Trinajstić information content (AvgIpc) is 2.37. The SMILES string of the molecule is CC(C)N(C)CCNS(=O)(=O)c1ccc(C(=O)O)cc1Br. The first kappa shape index (κ1) is 18.1. The van der Waals surface area contributed by atoms with Crippen molar-refractivity contribution in [2.45, 2.75) is 24.8 Å². The van der Waals surface area contributed by atoms with Crippen molar-refractivity contribution in [3.05, 3.63) is 28.2 Å². The summed E-state index contributed by atoms with van der Waals surface area (Å²) in [7, 11) is -1.76. The zero-order chi connectivity index (χ0) is 16.2. The maximum absolute atomic E-state index is 12.2. The lowest BCUT2D eigenvalue weighted by Crippen LogP contribution is -2.36. The van der Waals surface area contributed by atoms with Crippen LogP contribution in [0.15, 0.2) is 27.6 Å². The van der Waals surface area contributed by atoms with Crippen LogP contribution in [0, 0.1) is 0 Å². The molecule has 0 radical (unpaired) electrons. The molecule has 1 aromatic rings. The van der Waals surface area contributed by atoms with Gasteiger partial charge in [0.05, 0.1) is 10.5 Å². The molecular formula is C13H19BrN2O4S. The first-order chi connectivity index (χ1) is 9.65. The molecule has 1 aromatic carbocycles. The Balaban J connectivity index is 2.82. The minimum Gasteiger partial charge on any atom is -0.478 e. The predicted octanol–water partition coefficient (Wildman–Crippen LogP) is 1.77. The van der Waals surface area contributed by atoms with Gasteiger partial charge in [0, 0.05) is 23.6 Å². The van der Waals surface area contributed by atoms with E-state index >= 15 is 0 Å². The van der Waals surface area contributed by atoms with E-state index < -0.39 is 16.0 Å². The Morgan fingerprint density at radius 1 is 1.43 bits per heavy atom. The average molecular weight is 379 g/mol. The molecule has 0 aromatic heterocycles. The van der Waals surface area contributed by atoms with Crippen molar-refractivity contribution in [3.8, 4) is 0 Å². The van der Waals surface area contributed by atoms with Gasteiger partial charge >= 0.3 is 5.97 Å². The van der Waals surface area contributed by atoms with Crippen LogP contribution in [0.5, 0.6) is 0 Å². The summed E-state index contributed by atoms with van der Waals surface area (Å²) in [6.45, 7) is 4.91. The Morgan fingerprint density at radius 3 is 2.52 bits per heavy atom. The topological polar surface area (TPSA) is 86.7 Å². The molecule has 0 heterocycles. The van der Waals surface area contributed by atoms with Crippen molar-refractivity contribution in [2.24, 2.45) is 0 Å². The molecule has 21 heavy (non-hydrogen) atoms. The molecule has 0 aliphatic carbocycles. The van der Waals surface area contributed by atoms with Crippen molar-refractivity contribution in [1.29, 1.82) is 0 Å². The number of aromatic carboxylic acids is 1. The van der Waals surface area contributed by atoms with Crippen LogP contribution < -0.4 is 4.72 Å². The third-order valence-corrected chi connectivity index (χ3v) is 5.54. The largest absolute Gasteiger partial charge is 0.478 e. The molecule has 0 aliphatic rings. The Labute approximate surface area is 133 Å². The second-order valence-electron chi connectivity index (χ2n) is 4.92. The van der Waals surface area contributed by atoms with Gasteiger partial charge in [0.15, 0.2) is 0 Å². The van der Waals surface area contributed by atoms with Gasteiger partial charge in [0.2, 0.25) is 10.0 Å². The number of sulfonamides is 1. The fraction of sp³-hybridized carbons (Fsp3) is 0.462. The first-order valence-corrected chi connectivity index (χ1v) is 8.65. The van der Waals surface area contributed by atoms with Gasteiger partial charge in [-0.2, -0.15) is 0 Å². The predicted molar refractivity (Wildman–Crippen MR) is 84.1 cm³/mol. The van der Waals surface area contributed by atoms with E-state index in [9.17, 15) is 13.2 Å². The normalized spacial score (nSPS) is 12.1. The minimum atomic E-state index is -3.67. The van der Waals surface area contributed by atoms with Crippen LogP contribution in [0.3, 0.4) is 0 Å². The summed E-state index contributed by atoms with van der Waals surface area (Å²) in [6, 6.07) is 4.15. The molecule has 0 unspecified atom stereocenters. The molecule has 0 amide bonds. The highest BCUT2D eigenvalue weighted by Crippen LogP contribution is 2.23. The van der Waals surface area contributed by atoms with Crippen LogP contribution in [0.2, 0.25) is 0 Å². The zero-order valence-electron chi connectivity index (χ0n) is 12.1. The lowest BCUT2D eigenvalue weighted by Gasteiger charge is -2.21. The molecule has 0 saturated heterocycles. The van der Waals surface area contributed by atoms with Crippen LogP contribution in [-0.4, -0.2) is 50.6 Å². The highest BCUT2D eigenvalue weighted by atomic mass is 79.9. The van der Waals surface area contributed by atoms with Crippen LogP contribution >= 0.6 is 15.9 Å². The van der Waals surface area contributed by atoms with Crippen LogP contribution in [-0.2, 0) is 10.0 Å². The summed E-state index contributed by atoms with van der Waals surface area (Å²) in [5.74, 6) is -1.11. The summed E-state index contributed by atoms with van der Waals surface area (Å²) in [4.78, 5) is 12.9. The Hall–Kier alpha value is -0.960. The van der Waals surface area contributed by atoms with Crippen molar-refractivity contribution in [2.75, 3.05) is 20.1 Å². The maximum atomic E-state index is 12.2. The first-order valence-electron chi connectivity index (χ1n) is 6.38. The van der Waals surface area contributed by atoms with Crippen LogP contribution in [0.4, 0.5) is 0 Å². The quantitative estimate of drug-likeness (QED) is 0.754. The van der Waals surface area contributed by atoms with E-state index in [1.807, 2.05) is 25.8 Å². The summed E-state index contributed by atoms with van der Waals surface area (Å²) in [6.07, 6.45) is 0. The van der Waals surface area contributed by atoms with Gasteiger partial charge in [-0.3, -0.25) is 0 Å². The van der Waals surface area contributed by atoms with Crippen molar-refractivity contribution >= 4 is 31.9 Å². The molecule has 0 aliphatic heterocycles. The molecule has 6 nitrogen and oxygen atoms in total. The van der Waals surface area contributed by atoms with E-state index in [4.69, 9.17) is 5.11 Å². The second kappa shape index (κ2) is 7.35. The number of hydrogen-bond donors (Lipinski definition) is 2. The number of nitrogens with one attached hydrogen (secondary N) is 1. The van der Waals surface area contributed by atoms with Crippen molar-refractivity contribution in [1.82, 2.24) is 9.62 Å². The number of carboxylic acid groups (broad SMARTS) is 1. The van der Waals surface area contributed by atoms with E-state index in [0.29, 0.717) is 12.6 Å². The van der Waals surface area contributed by atoms with E-state index in [0.717, 1.165) is 0 Å². The van der Waals surface area contributed by atoms with Gasteiger partial charge in [-0.05, 0) is 55.0 Å². The third kappa shape index (κ3) is 5.06. The van der Waals surface area contributed by atoms with Crippen LogP contribution in [0.1, 0.15) is 24.2 Å². The zero-order valence-corrected chi connectivity index (χ0v) is 14.5. The summed E-state index contributed by atoms with van der Waals surface area (Å²) < 4.78 is 27.1. The highest BCUT2D eigenvalue weighted by Gasteiger charge is 2.19. The van der Waals surface area contributed by atoms with Crippen molar-refractivity contribution < 1.29 is 18.3 Å². The molecule has 0 spiro atoms. The number of carboxylic acids is 1. The third-order valence-electron chi connectivity index (χ3n) is 3.11. The number of benzene rings is 1. The molecule has 0 saturated carbocycles. The number of carbonyl (C=O) groups is 1. The number of halogens is 1.